The normalized spacial score (nSPS) is 12.2. The molecule has 0 aromatic heterocycles. The molecule has 0 fully saturated rings. The maximum atomic E-state index is 9.17. The molecule has 0 radical (unpaired) electrons. The monoisotopic (exact) mass is 232 g/mol. The quantitative estimate of drug-likeness (QED) is 0.756. The molecule has 0 aliphatic carbocycles. The molecule has 0 bridgehead atoms. The fourth-order valence-electron chi connectivity index (χ4n) is 1.66. The number of rotatable bonds is 6. The Bertz CT molecular complexity index is 365. The summed E-state index contributed by atoms with van der Waals surface area (Å²) in [6.45, 7) is 3.55. The Morgan fingerprint density at radius 2 is 1.94 bits per heavy atom. The first-order valence-electron chi connectivity index (χ1n) is 5.94. The highest BCUT2D eigenvalue weighted by Crippen LogP contribution is 2.21. The van der Waals surface area contributed by atoms with Gasteiger partial charge in [-0.3, -0.25) is 0 Å². The summed E-state index contributed by atoms with van der Waals surface area (Å²) in [5.41, 5.74) is 1.07. The maximum absolute atomic E-state index is 9.17. The second kappa shape index (κ2) is 6.93. The number of benzene rings is 1. The Balaban J connectivity index is 2.66. The number of hydrogen-bond acceptors (Lipinski definition) is 3. The molecule has 0 saturated carbocycles. The highest BCUT2D eigenvalue weighted by atomic mass is 16.5. The van der Waals surface area contributed by atoms with Crippen LogP contribution in [0, 0.1) is 11.3 Å². The van der Waals surface area contributed by atoms with Crippen molar-refractivity contribution in [3.05, 3.63) is 29.8 Å². The Labute approximate surface area is 104 Å². The van der Waals surface area contributed by atoms with E-state index in [9.17, 15) is 0 Å². The lowest BCUT2D eigenvalue weighted by atomic mass is 9.97. The number of nitriles is 1. The number of nitrogens with zero attached hydrogens (tertiary/aromatic N) is 2. The second-order valence-electron chi connectivity index (χ2n) is 4.28. The van der Waals surface area contributed by atoms with Crippen LogP contribution in [0.5, 0.6) is 5.75 Å². The van der Waals surface area contributed by atoms with Crippen LogP contribution in [0.3, 0.4) is 0 Å². The lowest BCUT2D eigenvalue weighted by molar-refractivity contribution is 0.340. The maximum Gasteiger partial charge on any atom is 0.119 e. The fourth-order valence-corrected chi connectivity index (χ4v) is 1.66. The zero-order valence-corrected chi connectivity index (χ0v) is 10.8. The summed E-state index contributed by atoms with van der Waals surface area (Å²) in [7, 11) is 4.04. The molecule has 0 saturated heterocycles. The predicted octanol–water partition coefficient (Wildman–Crippen LogP) is 2.64. The van der Waals surface area contributed by atoms with E-state index in [0.29, 0.717) is 6.61 Å². The molecule has 1 atom stereocenters. The van der Waals surface area contributed by atoms with E-state index in [1.54, 1.807) is 0 Å². The van der Waals surface area contributed by atoms with Gasteiger partial charge in [0.2, 0.25) is 0 Å². The van der Waals surface area contributed by atoms with Gasteiger partial charge in [0.25, 0.3) is 0 Å². The summed E-state index contributed by atoms with van der Waals surface area (Å²) in [5, 5.41) is 9.17. The molecular weight excluding hydrogens is 212 g/mol. The van der Waals surface area contributed by atoms with Crippen LogP contribution >= 0.6 is 0 Å². The van der Waals surface area contributed by atoms with E-state index >= 15 is 0 Å². The van der Waals surface area contributed by atoms with Gasteiger partial charge >= 0.3 is 0 Å². The second-order valence-corrected chi connectivity index (χ2v) is 4.28. The molecule has 0 N–H and O–H groups in total. The van der Waals surface area contributed by atoms with E-state index in [4.69, 9.17) is 10.00 Å². The molecule has 3 nitrogen and oxygen atoms in total. The molecular formula is C14H20N2O. The third-order valence-electron chi connectivity index (χ3n) is 2.61. The summed E-state index contributed by atoms with van der Waals surface area (Å²) in [5.74, 6) is 0.827. The van der Waals surface area contributed by atoms with Crippen molar-refractivity contribution in [2.24, 2.45) is 0 Å². The van der Waals surface area contributed by atoms with Crippen LogP contribution in [0.1, 0.15) is 24.8 Å². The van der Waals surface area contributed by atoms with Crippen LogP contribution in [-0.4, -0.2) is 32.1 Å². The van der Waals surface area contributed by atoms with E-state index in [0.717, 1.165) is 24.3 Å². The van der Waals surface area contributed by atoms with Crippen molar-refractivity contribution in [1.82, 2.24) is 4.90 Å². The average Bonchev–Trinajstić information content (AvgIpc) is 2.32. The smallest absolute Gasteiger partial charge is 0.119 e. The Hall–Kier alpha value is -1.53. The number of ether oxygens (including phenoxy) is 1. The van der Waals surface area contributed by atoms with Gasteiger partial charge in [-0.15, -0.1) is 0 Å². The summed E-state index contributed by atoms with van der Waals surface area (Å²) in [6.07, 6.45) is 0.859. The lowest BCUT2D eigenvalue weighted by Gasteiger charge is -2.14. The summed E-state index contributed by atoms with van der Waals surface area (Å²) in [6, 6.07) is 10.2. The third-order valence-corrected chi connectivity index (χ3v) is 2.61. The molecule has 0 aliphatic rings. The van der Waals surface area contributed by atoms with Crippen LogP contribution in [0.25, 0.3) is 0 Å². The molecule has 0 amide bonds. The summed E-state index contributed by atoms with van der Waals surface area (Å²) in [4.78, 5) is 2.10. The molecule has 0 aliphatic heterocycles. The molecule has 0 heterocycles. The molecule has 1 rings (SSSR count). The van der Waals surface area contributed by atoms with Gasteiger partial charge in [0.05, 0.1) is 18.6 Å². The van der Waals surface area contributed by atoms with Crippen LogP contribution < -0.4 is 4.74 Å². The first kappa shape index (κ1) is 13.5. The summed E-state index contributed by atoms with van der Waals surface area (Å²) >= 11 is 0. The molecule has 1 unspecified atom stereocenters. The Kier molecular flexibility index (Phi) is 5.51. The minimum absolute atomic E-state index is 0.0342. The molecule has 1 aromatic rings. The first-order chi connectivity index (χ1) is 8.17. The van der Waals surface area contributed by atoms with E-state index < -0.39 is 0 Å². The van der Waals surface area contributed by atoms with E-state index in [1.165, 1.54) is 0 Å². The van der Waals surface area contributed by atoms with Crippen LogP contribution in [0.15, 0.2) is 24.3 Å². The largest absolute Gasteiger partial charge is 0.494 e. The van der Waals surface area contributed by atoms with Gasteiger partial charge in [-0.1, -0.05) is 12.1 Å². The van der Waals surface area contributed by atoms with Crippen molar-refractivity contribution in [2.75, 3.05) is 27.2 Å². The topological polar surface area (TPSA) is 36.3 Å². The molecule has 17 heavy (non-hydrogen) atoms. The Morgan fingerprint density at radius 3 is 2.41 bits per heavy atom. The summed E-state index contributed by atoms with van der Waals surface area (Å²) < 4.78 is 5.38. The van der Waals surface area contributed by atoms with Gasteiger partial charge in [-0.05, 0) is 51.7 Å². The number of hydrogen-bond donors (Lipinski definition) is 0. The van der Waals surface area contributed by atoms with E-state index in [2.05, 4.69) is 11.0 Å². The minimum Gasteiger partial charge on any atom is -0.494 e. The highest BCUT2D eigenvalue weighted by Gasteiger charge is 2.10. The van der Waals surface area contributed by atoms with E-state index in [1.807, 2.05) is 45.3 Å². The molecule has 92 valence electrons. The van der Waals surface area contributed by atoms with Gasteiger partial charge in [0.1, 0.15) is 5.75 Å². The molecule has 0 spiro atoms. The fraction of sp³-hybridized carbons (Fsp3) is 0.500. The van der Waals surface area contributed by atoms with Gasteiger partial charge in [-0.25, -0.2) is 0 Å². The zero-order chi connectivity index (χ0) is 12.7. The lowest BCUT2D eigenvalue weighted by Crippen LogP contribution is -2.15. The standard InChI is InChI=1S/C14H20N2O/c1-4-17-14-7-5-12(6-8-14)13(11-15)9-10-16(2)3/h5-8,13H,4,9-10H2,1-3H3. The van der Waals surface area contributed by atoms with Crippen molar-refractivity contribution >= 4 is 0 Å². The average molecular weight is 232 g/mol. The van der Waals surface area contributed by atoms with Crippen molar-refractivity contribution in [3.63, 3.8) is 0 Å². The molecule has 1 aromatic carbocycles. The highest BCUT2D eigenvalue weighted by molar-refractivity contribution is 5.32. The van der Waals surface area contributed by atoms with Crippen molar-refractivity contribution in [3.8, 4) is 11.8 Å². The predicted molar refractivity (Wildman–Crippen MR) is 69.1 cm³/mol. The minimum atomic E-state index is -0.0342. The van der Waals surface area contributed by atoms with Crippen molar-refractivity contribution < 1.29 is 4.74 Å². The first-order valence-corrected chi connectivity index (χ1v) is 5.94. The SMILES string of the molecule is CCOc1ccc(C(C#N)CCN(C)C)cc1. The molecule has 3 heteroatoms. The van der Waals surface area contributed by atoms with Crippen molar-refractivity contribution in [2.45, 2.75) is 19.3 Å². The van der Waals surface area contributed by atoms with Crippen molar-refractivity contribution in [1.29, 1.82) is 5.26 Å². The van der Waals surface area contributed by atoms with Crippen LogP contribution in [0.4, 0.5) is 0 Å². The van der Waals surface area contributed by atoms with Crippen LogP contribution in [-0.2, 0) is 0 Å². The van der Waals surface area contributed by atoms with Gasteiger partial charge in [0.15, 0.2) is 0 Å². The zero-order valence-electron chi connectivity index (χ0n) is 10.8. The van der Waals surface area contributed by atoms with Gasteiger partial charge in [0, 0.05) is 0 Å². The van der Waals surface area contributed by atoms with Gasteiger partial charge in [-0.2, -0.15) is 5.26 Å². The Morgan fingerprint density at radius 1 is 1.29 bits per heavy atom. The van der Waals surface area contributed by atoms with E-state index in [-0.39, 0.29) is 5.92 Å². The van der Waals surface area contributed by atoms with Gasteiger partial charge < -0.3 is 9.64 Å². The third kappa shape index (κ3) is 4.46. The van der Waals surface area contributed by atoms with Crippen LogP contribution in [0.2, 0.25) is 0 Å².